The number of hydrogen-bond acceptors (Lipinski definition) is 7. The second-order valence-electron chi connectivity index (χ2n) is 12.5. The molecule has 2 N–H and O–H groups in total. The fourth-order valence-electron chi connectivity index (χ4n) is 7.29. The van der Waals surface area contributed by atoms with Crippen LogP contribution in [-0.2, 0) is 11.3 Å². The molecule has 1 saturated carbocycles. The number of imidazole rings is 1. The number of carbonyl (C=O) groups is 2. The van der Waals surface area contributed by atoms with E-state index in [2.05, 4.69) is 17.6 Å². The molecular weight excluding hydrogens is 546 g/mol. The van der Waals surface area contributed by atoms with Crippen LogP contribution in [0.1, 0.15) is 62.0 Å². The van der Waals surface area contributed by atoms with Gasteiger partial charge in [0.15, 0.2) is 5.88 Å². The molecule has 1 aliphatic carbocycles. The number of carbonyl (C=O) groups excluding carboxylic acids is 2. The van der Waals surface area contributed by atoms with E-state index < -0.39 is 6.09 Å². The van der Waals surface area contributed by atoms with E-state index in [1.807, 2.05) is 47.4 Å². The molecule has 1 unspecified atom stereocenters. The highest BCUT2D eigenvalue weighted by Gasteiger charge is 2.55. The average Bonchev–Trinajstić information content (AvgIpc) is 3.45. The van der Waals surface area contributed by atoms with Gasteiger partial charge in [0.25, 0.3) is 5.91 Å². The lowest BCUT2D eigenvalue weighted by Gasteiger charge is -2.34. The standard InChI is InChI=1S/C32H39N7O4/c1-6-36(31(41)43-5)25-10-9-20-13-23(37(29(20)35-25)17-19-7-8-19)28-18(2)38-26(34-28)14-21(15-27(38)42-4)30(40)39-22-11-12-32(39,3)24(33)16-22/h9-10,13-15,19,22,24H,6-8,11-12,16-17,33H2,1-5H3/t22-,24+,32?/m0/s1. The van der Waals surface area contributed by atoms with Gasteiger partial charge in [0.05, 0.1) is 31.1 Å². The largest absolute Gasteiger partial charge is 0.482 e. The van der Waals surface area contributed by atoms with Gasteiger partial charge in [0, 0.05) is 42.2 Å². The molecule has 6 heterocycles. The van der Waals surface area contributed by atoms with Gasteiger partial charge in [0.1, 0.15) is 22.8 Å². The summed E-state index contributed by atoms with van der Waals surface area (Å²) in [4.78, 5) is 39.9. The summed E-state index contributed by atoms with van der Waals surface area (Å²) in [6, 6.07) is 9.80. The van der Waals surface area contributed by atoms with Crippen LogP contribution >= 0.6 is 0 Å². The Hall–Kier alpha value is -4.12. The third-order valence-electron chi connectivity index (χ3n) is 9.91. The molecule has 2 amide bonds. The van der Waals surface area contributed by atoms with Gasteiger partial charge in [-0.15, -0.1) is 0 Å². The SMILES string of the molecule is CCN(C(=O)OC)c1ccc2cc(-c3nc4cc(C(=O)N5[C@H]6CCC5(C)[C@H](N)C6)cc(OC)n4c3C)n(CC3CC3)c2n1. The molecule has 3 fully saturated rings. The first-order chi connectivity index (χ1) is 20.7. The molecule has 4 aromatic heterocycles. The van der Waals surface area contributed by atoms with Crippen molar-refractivity contribution in [3.05, 3.63) is 41.6 Å². The van der Waals surface area contributed by atoms with E-state index >= 15 is 0 Å². The van der Waals surface area contributed by atoms with Crippen LogP contribution in [0.4, 0.5) is 10.6 Å². The van der Waals surface area contributed by atoms with Crippen LogP contribution in [0.15, 0.2) is 30.3 Å². The highest BCUT2D eigenvalue weighted by Crippen LogP contribution is 2.46. The monoisotopic (exact) mass is 585 g/mol. The van der Waals surface area contributed by atoms with Gasteiger partial charge in [-0.3, -0.25) is 14.1 Å². The van der Waals surface area contributed by atoms with Gasteiger partial charge in [-0.25, -0.2) is 14.8 Å². The maximum Gasteiger partial charge on any atom is 0.415 e. The van der Waals surface area contributed by atoms with Crippen molar-refractivity contribution >= 4 is 34.5 Å². The highest BCUT2D eigenvalue weighted by atomic mass is 16.5. The Morgan fingerprint density at radius 3 is 2.56 bits per heavy atom. The number of amides is 2. The van der Waals surface area contributed by atoms with E-state index in [4.69, 9.17) is 25.2 Å². The normalized spacial score (nSPS) is 23.0. The summed E-state index contributed by atoms with van der Waals surface area (Å²) >= 11 is 0. The van der Waals surface area contributed by atoms with Crippen molar-refractivity contribution in [3.8, 4) is 17.3 Å². The molecular formula is C32H39N7O4. The molecule has 43 heavy (non-hydrogen) atoms. The van der Waals surface area contributed by atoms with Crippen LogP contribution < -0.4 is 15.4 Å². The van der Waals surface area contributed by atoms with Gasteiger partial charge >= 0.3 is 6.09 Å². The predicted molar refractivity (Wildman–Crippen MR) is 164 cm³/mol. The fourth-order valence-corrected chi connectivity index (χ4v) is 7.29. The minimum absolute atomic E-state index is 0.0133. The number of rotatable bonds is 7. The van der Waals surface area contributed by atoms with Crippen molar-refractivity contribution in [1.82, 2.24) is 23.8 Å². The first-order valence-corrected chi connectivity index (χ1v) is 15.2. The summed E-state index contributed by atoms with van der Waals surface area (Å²) in [5, 5.41) is 0.966. The van der Waals surface area contributed by atoms with Gasteiger partial charge < -0.3 is 24.7 Å². The van der Waals surface area contributed by atoms with Crippen molar-refractivity contribution in [1.29, 1.82) is 0 Å². The Morgan fingerprint density at radius 2 is 1.93 bits per heavy atom. The van der Waals surface area contributed by atoms with Gasteiger partial charge in [-0.05, 0) is 83.1 Å². The first kappa shape index (κ1) is 27.7. The quantitative estimate of drug-likeness (QED) is 0.332. The second-order valence-corrected chi connectivity index (χ2v) is 12.5. The predicted octanol–water partition coefficient (Wildman–Crippen LogP) is 4.77. The lowest BCUT2D eigenvalue weighted by Crippen LogP contribution is -2.51. The fraction of sp³-hybridized carbons (Fsp3) is 0.500. The highest BCUT2D eigenvalue weighted by molar-refractivity contribution is 5.97. The van der Waals surface area contributed by atoms with Crippen molar-refractivity contribution in [3.63, 3.8) is 0 Å². The zero-order valence-corrected chi connectivity index (χ0v) is 25.5. The van der Waals surface area contributed by atoms with E-state index in [1.54, 1.807) is 7.11 Å². The average molecular weight is 586 g/mol. The summed E-state index contributed by atoms with van der Waals surface area (Å²) in [6.45, 7) is 7.28. The summed E-state index contributed by atoms with van der Waals surface area (Å²) in [7, 11) is 3.00. The van der Waals surface area contributed by atoms with Crippen LogP contribution in [0.5, 0.6) is 5.88 Å². The smallest absolute Gasteiger partial charge is 0.415 e. The molecule has 3 aliphatic rings. The number of pyridine rings is 2. The number of methoxy groups -OCH3 is 2. The summed E-state index contributed by atoms with van der Waals surface area (Å²) in [5.74, 6) is 1.65. The van der Waals surface area contributed by atoms with Crippen molar-refractivity contribution in [2.45, 2.75) is 77.0 Å². The lowest BCUT2D eigenvalue weighted by molar-refractivity contribution is 0.0627. The zero-order chi connectivity index (χ0) is 30.2. The molecule has 0 spiro atoms. The van der Waals surface area contributed by atoms with Crippen LogP contribution in [0.2, 0.25) is 0 Å². The van der Waals surface area contributed by atoms with E-state index in [9.17, 15) is 9.59 Å². The van der Waals surface area contributed by atoms with Crippen LogP contribution in [0.25, 0.3) is 28.1 Å². The summed E-state index contributed by atoms with van der Waals surface area (Å²) in [5.41, 5.74) is 10.8. The maximum atomic E-state index is 13.9. The maximum absolute atomic E-state index is 13.9. The minimum atomic E-state index is -0.443. The molecule has 0 radical (unpaired) electrons. The molecule has 2 saturated heterocycles. The number of ether oxygens (including phenoxy) is 2. The van der Waals surface area contributed by atoms with Crippen molar-refractivity contribution in [2.75, 3.05) is 25.7 Å². The molecule has 2 bridgehead atoms. The van der Waals surface area contributed by atoms with Crippen LogP contribution in [0.3, 0.4) is 0 Å². The third-order valence-corrected chi connectivity index (χ3v) is 9.91. The van der Waals surface area contributed by atoms with Crippen LogP contribution in [0, 0.1) is 12.8 Å². The Balaban J connectivity index is 1.35. The molecule has 3 atom stereocenters. The Morgan fingerprint density at radius 1 is 1.14 bits per heavy atom. The van der Waals surface area contributed by atoms with Gasteiger partial charge in [-0.2, -0.15) is 0 Å². The number of hydrogen-bond donors (Lipinski definition) is 1. The number of aromatic nitrogens is 4. The second kappa shape index (κ2) is 9.97. The zero-order valence-electron chi connectivity index (χ0n) is 25.5. The lowest BCUT2D eigenvalue weighted by atomic mass is 9.85. The molecule has 7 rings (SSSR count). The van der Waals surface area contributed by atoms with Gasteiger partial charge in [-0.1, -0.05) is 0 Å². The number of nitrogens with zero attached hydrogens (tertiary/aromatic N) is 6. The van der Waals surface area contributed by atoms with Crippen molar-refractivity contribution < 1.29 is 19.1 Å². The van der Waals surface area contributed by atoms with Crippen molar-refractivity contribution in [2.24, 2.45) is 11.7 Å². The summed E-state index contributed by atoms with van der Waals surface area (Å²) in [6.07, 6.45) is 4.65. The molecule has 0 aromatic carbocycles. The molecule has 226 valence electrons. The number of aryl methyl sites for hydroxylation is 1. The molecule has 11 heteroatoms. The van der Waals surface area contributed by atoms with E-state index in [-0.39, 0.29) is 23.5 Å². The minimum Gasteiger partial charge on any atom is -0.482 e. The van der Waals surface area contributed by atoms with E-state index in [0.29, 0.717) is 35.4 Å². The van der Waals surface area contributed by atoms with Gasteiger partial charge in [0.2, 0.25) is 0 Å². The topological polar surface area (TPSA) is 120 Å². The number of fused-ring (bicyclic) bond motifs is 4. The van der Waals surface area contributed by atoms with E-state index in [0.717, 1.165) is 53.9 Å². The third kappa shape index (κ3) is 4.19. The van der Waals surface area contributed by atoms with Crippen LogP contribution in [-0.4, -0.2) is 74.2 Å². The Labute approximate surface area is 250 Å². The summed E-state index contributed by atoms with van der Waals surface area (Å²) < 4.78 is 15.0. The van der Waals surface area contributed by atoms with E-state index in [1.165, 1.54) is 24.9 Å². The number of anilines is 1. The molecule has 11 nitrogen and oxygen atoms in total. The molecule has 2 aliphatic heterocycles. The Bertz CT molecular complexity index is 1770. The number of nitrogens with two attached hydrogens (primary N) is 1. The molecule has 4 aromatic rings. The first-order valence-electron chi connectivity index (χ1n) is 15.2. The Kier molecular flexibility index (Phi) is 6.42.